The minimum Gasteiger partial charge on any atom is -0.383 e. The minimum atomic E-state index is -1.41. The molecule has 4 unspecified atom stereocenters. The lowest BCUT2D eigenvalue weighted by Crippen LogP contribution is -2.47. The molecule has 22 heavy (non-hydrogen) atoms. The Morgan fingerprint density at radius 3 is 2.55 bits per heavy atom. The molecule has 0 aliphatic heterocycles. The molecule has 0 heterocycles. The highest BCUT2D eigenvalue weighted by Gasteiger charge is 2.44. The standard InChI is InChI=1S/C14H19ClN2O5/c1-16-13(20)10(5-6-4-8(6)14(21)22)17-12(19)7-2-3-9(15)11(7)18/h2-3,6,8,10-11,14,18,21-22H,4-5H2,1H3,(H,16,20)(H,17,19). The molecule has 122 valence electrons. The Labute approximate surface area is 132 Å². The molecule has 0 aromatic rings. The largest absolute Gasteiger partial charge is 0.383 e. The van der Waals surface area contributed by atoms with E-state index < -0.39 is 24.3 Å². The van der Waals surface area contributed by atoms with Crippen LogP contribution in [0.2, 0.25) is 0 Å². The Balaban J connectivity index is 1.96. The van der Waals surface area contributed by atoms with Gasteiger partial charge in [0.1, 0.15) is 12.1 Å². The molecular formula is C14H19ClN2O5. The minimum absolute atomic E-state index is 0.0354. The van der Waals surface area contributed by atoms with E-state index in [-0.39, 0.29) is 28.3 Å². The fourth-order valence-electron chi connectivity index (χ4n) is 2.56. The Hall–Kier alpha value is -1.41. The van der Waals surface area contributed by atoms with Crippen LogP contribution in [0.5, 0.6) is 0 Å². The van der Waals surface area contributed by atoms with Gasteiger partial charge >= 0.3 is 0 Å². The third-order valence-corrected chi connectivity index (χ3v) is 4.34. The maximum atomic E-state index is 12.1. The van der Waals surface area contributed by atoms with E-state index in [9.17, 15) is 14.7 Å². The lowest BCUT2D eigenvalue weighted by atomic mass is 10.1. The van der Waals surface area contributed by atoms with Gasteiger partial charge in [0, 0.05) is 13.0 Å². The van der Waals surface area contributed by atoms with Gasteiger partial charge in [-0.2, -0.15) is 0 Å². The summed E-state index contributed by atoms with van der Waals surface area (Å²) in [6.45, 7) is 0. The van der Waals surface area contributed by atoms with Crippen molar-refractivity contribution in [3.63, 3.8) is 0 Å². The van der Waals surface area contributed by atoms with E-state index in [2.05, 4.69) is 10.6 Å². The predicted molar refractivity (Wildman–Crippen MR) is 78.5 cm³/mol. The fraction of sp³-hybridized carbons (Fsp3) is 0.571. The van der Waals surface area contributed by atoms with Crippen molar-refractivity contribution in [2.24, 2.45) is 11.8 Å². The summed E-state index contributed by atoms with van der Waals surface area (Å²) >= 11 is 5.72. The van der Waals surface area contributed by atoms with Gasteiger partial charge in [-0.3, -0.25) is 9.59 Å². The molecule has 2 aliphatic rings. The van der Waals surface area contributed by atoms with Crippen molar-refractivity contribution in [1.82, 2.24) is 10.6 Å². The molecule has 7 nitrogen and oxygen atoms in total. The molecule has 0 spiro atoms. The Bertz CT molecular complexity index is 531. The molecule has 0 aromatic carbocycles. The van der Waals surface area contributed by atoms with Crippen LogP contribution in [0, 0.1) is 11.8 Å². The van der Waals surface area contributed by atoms with Crippen LogP contribution in [0.1, 0.15) is 12.8 Å². The van der Waals surface area contributed by atoms with Gasteiger partial charge in [-0.25, -0.2) is 0 Å². The van der Waals surface area contributed by atoms with E-state index in [1.165, 1.54) is 19.2 Å². The van der Waals surface area contributed by atoms with Crippen molar-refractivity contribution >= 4 is 23.4 Å². The number of aliphatic hydroxyl groups excluding tert-OH is 2. The van der Waals surface area contributed by atoms with Crippen LogP contribution in [0.25, 0.3) is 0 Å². The molecule has 1 saturated carbocycles. The number of carbonyl (C=O) groups excluding carboxylic acids is 2. The van der Waals surface area contributed by atoms with Gasteiger partial charge in [0.2, 0.25) is 5.91 Å². The summed E-state index contributed by atoms with van der Waals surface area (Å²) in [7, 11) is 1.45. The van der Waals surface area contributed by atoms with Gasteiger partial charge in [0.25, 0.3) is 5.91 Å². The number of aliphatic hydroxyl groups is 3. The summed E-state index contributed by atoms with van der Waals surface area (Å²) in [5.74, 6) is -1.25. The van der Waals surface area contributed by atoms with Crippen LogP contribution in [-0.4, -0.2) is 52.6 Å². The monoisotopic (exact) mass is 330 g/mol. The summed E-state index contributed by atoms with van der Waals surface area (Å²) in [6, 6.07) is -0.807. The van der Waals surface area contributed by atoms with Crippen LogP contribution < -0.4 is 10.6 Å². The van der Waals surface area contributed by atoms with Gasteiger partial charge in [0.15, 0.2) is 6.29 Å². The molecule has 0 radical (unpaired) electrons. The average molecular weight is 331 g/mol. The second-order valence-corrected chi connectivity index (χ2v) is 5.96. The number of allylic oxidation sites excluding steroid dienone is 2. The fourth-order valence-corrected chi connectivity index (χ4v) is 2.74. The first kappa shape index (κ1) is 17.0. The predicted octanol–water partition coefficient (Wildman–Crippen LogP) is -1.02. The van der Waals surface area contributed by atoms with E-state index in [1.807, 2.05) is 0 Å². The Morgan fingerprint density at radius 1 is 1.41 bits per heavy atom. The summed E-state index contributed by atoms with van der Waals surface area (Å²) in [6.07, 6.45) is 1.14. The van der Waals surface area contributed by atoms with E-state index in [4.69, 9.17) is 21.8 Å². The molecule has 4 atom stereocenters. The number of halogens is 1. The molecule has 0 saturated heterocycles. The Kier molecular flexibility index (Phi) is 5.23. The normalized spacial score (nSPS) is 28.0. The van der Waals surface area contributed by atoms with Crippen LogP contribution in [0.4, 0.5) is 0 Å². The number of amides is 2. The molecule has 2 aliphatic carbocycles. The van der Waals surface area contributed by atoms with Crippen LogP contribution >= 0.6 is 11.6 Å². The number of nitrogens with one attached hydrogen (secondary N) is 2. The van der Waals surface area contributed by atoms with Crippen molar-refractivity contribution in [2.75, 3.05) is 7.05 Å². The number of likely N-dealkylation sites (N-methyl/N-ethyl adjacent to an activating group) is 1. The zero-order valence-electron chi connectivity index (χ0n) is 12.0. The molecular weight excluding hydrogens is 312 g/mol. The molecule has 5 N–H and O–H groups in total. The first-order chi connectivity index (χ1) is 10.3. The van der Waals surface area contributed by atoms with E-state index in [0.717, 1.165) is 0 Å². The molecule has 0 aromatic heterocycles. The van der Waals surface area contributed by atoms with E-state index in [0.29, 0.717) is 12.8 Å². The SMILES string of the molecule is CNC(=O)C(CC1CC1C(O)O)NC(=O)C1=CC=C(Cl)C1O. The van der Waals surface area contributed by atoms with E-state index >= 15 is 0 Å². The molecule has 2 rings (SSSR count). The van der Waals surface area contributed by atoms with Crippen molar-refractivity contribution in [3.05, 3.63) is 22.8 Å². The van der Waals surface area contributed by atoms with Crippen molar-refractivity contribution in [1.29, 1.82) is 0 Å². The smallest absolute Gasteiger partial charge is 0.250 e. The highest BCUT2D eigenvalue weighted by molar-refractivity contribution is 6.31. The number of hydrogen-bond donors (Lipinski definition) is 5. The third-order valence-electron chi connectivity index (χ3n) is 4.01. The van der Waals surface area contributed by atoms with Gasteiger partial charge in [-0.15, -0.1) is 0 Å². The van der Waals surface area contributed by atoms with Crippen LogP contribution in [-0.2, 0) is 9.59 Å². The first-order valence-corrected chi connectivity index (χ1v) is 7.36. The number of rotatable bonds is 6. The zero-order valence-corrected chi connectivity index (χ0v) is 12.7. The molecule has 0 bridgehead atoms. The Morgan fingerprint density at radius 2 is 2.09 bits per heavy atom. The van der Waals surface area contributed by atoms with Crippen LogP contribution in [0.15, 0.2) is 22.8 Å². The van der Waals surface area contributed by atoms with E-state index in [1.54, 1.807) is 0 Å². The zero-order chi connectivity index (χ0) is 16.4. The lowest BCUT2D eigenvalue weighted by molar-refractivity contribution is -0.127. The van der Waals surface area contributed by atoms with Crippen molar-refractivity contribution in [2.45, 2.75) is 31.3 Å². The second kappa shape index (κ2) is 6.78. The molecule has 1 fully saturated rings. The lowest BCUT2D eigenvalue weighted by Gasteiger charge is -2.19. The maximum Gasteiger partial charge on any atom is 0.250 e. The first-order valence-electron chi connectivity index (χ1n) is 6.99. The second-order valence-electron chi connectivity index (χ2n) is 5.53. The average Bonchev–Trinajstić information content (AvgIpc) is 3.17. The number of carbonyl (C=O) groups is 2. The quantitative estimate of drug-likeness (QED) is 0.399. The summed E-state index contributed by atoms with van der Waals surface area (Å²) in [4.78, 5) is 24.0. The number of hydrogen-bond acceptors (Lipinski definition) is 5. The van der Waals surface area contributed by atoms with Gasteiger partial charge < -0.3 is 26.0 Å². The van der Waals surface area contributed by atoms with Gasteiger partial charge in [-0.05, 0) is 30.9 Å². The highest BCUT2D eigenvalue weighted by Crippen LogP contribution is 2.43. The summed E-state index contributed by atoms with van der Waals surface area (Å²) in [5.41, 5.74) is 0.0773. The van der Waals surface area contributed by atoms with Crippen molar-refractivity contribution in [3.8, 4) is 0 Å². The van der Waals surface area contributed by atoms with Crippen LogP contribution in [0.3, 0.4) is 0 Å². The maximum absolute atomic E-state index is 12.1. The molecule has 2 amide bonds. The summed E-state index contributed by atoms with van der Waals surface area (Å²) in [5, 5.41) is 33.1. The third kappa shape index (κ3) is 3.67. The van der Waals surface area contributed by atoms with Gasteiger partial charge in [0.05, 0.1) is 10.6 Å². The topological polar surface area (TPSA) is 119 Å². The highest BCUT2D eigenvalue weighted by atomic mass is 35.5. The summed E-state index contributed by atoms with van der Waals surface area (Å²) < 4.78 is 0. The molecule has 8 heteroatoms. The van der Waals surface area contributed by atoms with Crippen molar-refractivity contribution < 1.29 is 24.9 Å². The van der Waals surface area contributed by atoms with Gasteiger partial charge in [-0.1, -0.05) is 11.6 Å².